The summed E-state index contributed by atoms with van der Waals surface area (Å²) in [6.07, 6.45) is -4.07. The molecule has 0 radical (unpaired) electrons. The highest BCUT2D eigenvalue weighted by molar-refractivity contribution is 7.11. The van der Waals surface area contributed by atoms with Crippen molar-refractivity contribution >= 4 is 22.9 Å². The number of carbonyl (C=O) groups is 1. The fraction of sp³-hybridized carbons (Fsp3) is 0.0625. The summed E-state index contributed by atoms with van der Waals surface area (Å²) in [6.45, 7) is 3.17. The van der Waals surface area contributed by atoms with Gasteiger partial charge in [-0.2, -0.15) is 13.2 Å². The van der Waals surface area contributed by atoms with E-state index in [-0.39, 0.29) is 10.6 Å². The van der Waals surface area contributed by atoms with Crippen LogP contribution < -0.4 is 4.74 Å². The largest absolute Gasteiger partial charge is 0.423 e. The fourth-order valence-electron chi connectivity index (χ4n) is 1.77. The lowest BCUT2D eigenvalue weighted by Gasteiger charge is -2.13. The van der Waals surface area contributed by atoms with Crippen LogP contribution in [0.4, 0.5) is 13.2 Å². The first kappa shape index (κ1) is 16.0. The quantitative estimate of drug-likeness (QED) is 0.348. The molecule has 1 aromatic heterocycles. The van der Waals surface area contributed by atoms with Gasteiger partial charge in [0, 0.05) is 4.88 Å². The number of rotatable bonds is 4. The van der Waals surface area contributed by atoms with E-state index in [1.165, 1.54) is 18.2 Å². The van der Waals surface area contributed by atoms with Crippen LogP contribution in [0.3, 0.4) is 0 Å². The predicted octanol–water partition coefficient (Wildman–Crippen LogP) is 4.86. The average Bonchev–Trinajstić information content (AvgIpc) is 2.97. The number of hydrogen-bond donors (Lipinski definition) is 0. The number of halogens is 3. The predicted molar refractivity (Wildman–Crippen MR) is 79.6 cm³/mol. The molecule has 0 aliphatic carbocycles. The van der Waals surface area contributed by atoms with E-state index in [0.29, 0.717) is 6.08 Å². The average molecular weight is 324 g/mol. The van der Waals surface area contributed by atoms with Crippen LogP contribution in [0.5, 0.6) is 5.75 Å². The molecule has 0 saturated carbocycles. The first-order chi connectivity index (χ1) is 10.4. The van der Waals surface area contributed by atoms with Crippen molar-refractivity contribution in [1.29, 1.82) is 0 Å². The first-order valence-corrected chi connectivity index (χ1v) is 7.06. The zero-order chi connectivity index (χ0) is 16.2. The third-order valence-electron chi connectivity index (χ3n) is 2.70. The number of ether oxygens (including phenoxy) is 1. The van der Waals surface area contributed by atoms with Crippen molar-refractivity contribution in [3.63, 3.8) is 0 Å². The Kier molecular flexibility index (Phi) is 4.82. The Hall–Kier alpha value is -2.34. The molecule has 0 fully saturated rings. The monoisotopic (exact) mass is 324 g/mol. The first-order valence-electron chi connectivity index (χ1n) is 6.18. The number of benzene rings is 1. The van der Waals surface area contributed by atoms with Crippen molar-refractivity contribution in [2.75, 3.05) is 0 Å². The van der Waals surface area contributed by atoms with Gasteiger partial charge in [0.25, 0.3) is 0 Å². The molecular weight excluding hydrogens is 313 g/mol. The van der Waals surface area contributed by atoms with Crippen LogP contribution in [0.1, 0.15) is 4.88 Å². The van der Waals surface area contributed by atoms with E-state index in [4.69, 9.17) is 4.74 Å². The van der Waals surface area contributed by atoms with Crippen LogP contribution in [0.15, 0.2) is 66.1 Å². The van der Waals surface area contributed by atoms with E-state index in [9.17, 15) is 18.0 Å². The molecule has 0 unspecified atom stereocenters. The van der Waals surface area contributed by atoms with Crippen molar-refractivity contribution in [3.8, 4) is 5.75 Å². The smallest absolute Gasteiger partial charge is 0.417 e. The van der Waals surface area contributed by atoms with Gasteiger partial charge in [-0.25, -0.2) is 4.79 Å². The summed E-state index contributed by atoms with van der Waals surface area (Å²) < 4.78 is 44.4. The molecule has 1 heterocycles. The van der Waals surface area contributed by atoms with E-state index in [1.54, 1.807) is 29.6 Å². The maximum absolute atomic E-state index is 13.1. The Morgan fingerprint density at radius 3 is 2.32 bits per heavy atom. The van der Waals surface area contributed by atoms with E-state index in [0.717, 1.165) is 11.3 Å². The lowest BCUT2D eigenvalue weighted by molar-refractivity contribution is -0.128. The molecule has 0 aliphatic heterocycles. The second-order valence-electron chi connectivity index (χ2n) is 4.17. The molecule has 2 aromatic rings. The standard InChI is InChI=1S/C16H11F3O2S/c1-2-12(16(17,18)19)14(13-9-6-10-22-13)15(20)21-11-7-4-3-5-8-11/h2-10H,1H2. The Balaban J connectivity index is 2.48. The second-order valence-corrected chi connectivity index (χ2v) is 5.12. The van der Waals surface area contributed by atoms with Crippen molar-refractivity contribution in [2.45, 2.75) is 6.18 Å². The molecule has 22 heavy (non-hydrogen) atoms. The van der Waals surface area contributed by atoms with Crippen molar-refractivity contribution in [3.05, 3.63) is 70.9 Å². The molecule has 2 rings (SSSR count). The number of carbonyl (C=O) groups excluding carboxylic acids is 1. The summed E-state index contributed by atoms with van der Waals surface area (Å²) in [5.74, 6) is -0.895. The SMILES string of the molecule is C=CC(=C(C(=O)Oc1ccccc1)c1cccs1)C(F)(F)F. The molecule has 114 valence electrons. The maximum atomic E-state index is 13.1. The van der Waals surface area contributed by atoms with Crippen LogP contribution >= 0.6 is 11.3 Å². The van der Waals surface area contributed by atoms with Gasteiger partial charge in [0.1, 0.15) is 5.75 Å². The summed E-state index contributed by atoms with van der Waals surface area (Å²) in [4.78, 5) is 12.4. The Labute approximate surface area is 129 Å². The number of para-hydroxylation sites is 1. The van der Waals surface area contributed by atoms with Gasteiger partial charge in [0.15, 0.2) is 0 Å². The van der Waals surface area contributed by atoms with Gasteiger partial charge in [-0.3, -0.25) is 0 Å². The van der Waals surface area contributed by atoms with Crippen LogP contribution in [-0.2, 0) is 4.79 Å². The van der Waals surface area contributed by atoms with Crippen molar-refractivity contribution in [1.82, 2.24) is 0 Å². The summed E-state index contributed by atoms with van der Waals surface area (Å²) in [6, 6.07) is 10.9. The summed E-state index contributed by atoms with van der Waals surface area (Å²) >= 11 is 1.02. The minimum absolute atomic E-state index is 0.173. The number of esters is 1. The highest BCUT2D eigenvalue weighted by Gasteiger charge is 2.37. The third kappa shape index (κ3) is 3.65. The molecule has 2 nitrogen and oxygen atoms in total. The van der Waals surface area contributed by atoms with Crippen molar-refractivity contribution < 1.29 is 22.7 Å². The molecule has 1 aromatic carbocycles. The number of allylic oxidation sites excluding steroid dienone is 2. The second kappa shape index (κ2) is 6.62. The Morgan fingerprint density at radius 1 is 1.14 bits per heavy atom. The molecule has 0 bridgehead atoms. The van der Waals surface area contributed by atoms with Crippen molar-refractivity contribution in [2.24, 2.45) is 0 Å². The summed E-state index contributed by atoms with van der Waals surface area (Å²) in [5.41, 5.74) is -1.66. The van der Waals surface area contributed by atoms with E-state index in [1.807, 2.05) is 0 Å². The minimum atomic E-state index is -4.70. The van der Waals surface area contributed by atoms with Gasteiger partial charge in [-0.05, 0) is 23.6 Å². The van der Waals surface area contributed by atoms with Crippen LogP contribution in [0.25, 0.3) is 5.57 Å². The summed E-state index contributed by atoms with van der Waals surface area (Å²) in [5, 5.41) is 1.59. The lowest BCUT2D eigenvalue weighted by atomic mass is 10.1. The van der Waals surface area contributed by atoms with Gasteiger partial charge in [0.2, 0.25) is 0 Å². The maximum Gasteiger partial charge on any atom is 0.417 e. The van der Waals surface area contributed by atoms with Crippen LogP contribution in [0, 0.1) is 0 Å². The molecule has 0 amide bonds. The highest BCUT2D eigenvalue weighted by atomic mass is 32.1. The van der Waals surface area contributed by atoms with Gasteiger partial charge in [-0.15, -0.1) is 11.3 Å². The van der Waals surface area contributed by atoms with Gasteiger partial charge >= 0.3 is 12.1 Å². The Morgan fingerprint density at radius 2 is 1.82 bits per heavy atom. The minimum Gasteiger partial charge on any atom is -0.423 e. The normalized spacial score (nSPS) is 12.5. The molecule has 0 atom stereocenters. The molecule has 6 heteroatoms. The molecule has 0 spiro atoms. The van der Waals surface area contributed by atoms with E-state index in [2.05, 4.69) is 6.58 Å². The molecule has 0 saturated heterocycles. The zero-order valence-corrected chi connectivity index (χ0v) is 12.1. The van der Waals surface area contributed by atoms with E-state index >= 15 is 0 Å². The highest BCUT2D eigenvalue weighted by Crippen LogP contribution is 2.35. The third-order valence-corrected chi connectivity index (χ3v) is 3.59. The zero-order valence-electron chi connectivity index (χ0n) is 11.3. The van der Waals surface area contributed by atoms with Gasteiger partial charge in [0.05, 0.1) is 11.1 Å². The number of thiophene rings is 1. The topological polar surface area (TPSA) is 26.3 Å². The molecular formula is C16H11F3O2S. The van der Waals surface area contributed by atoms with Gasteiger partial charge in [-0.1, -0.05) is 36.9 Å². The van der Waals surface area contributed by atoms with Gasteiger partial charge < -0.3 is 4.74 Å². The summed E-state index contributed by atoms with van der Waals surface area (Å²) in [7, 11) is 0. The Bertz CT molecular complexity index is 686. The molecule has 0 aliphatic rings. The van der Waals surface area contributed by atoms with E-state index < -0.39 is 23.3 Å². The molecule has 0 N–H and O–H groups in total. The number of alkyl halides is 3. The fourth-order valence-corrected chi connectivity index (χ4v) is 2.54. The van der Waals surface area contributed by atoms with Crippen LogP contribution in [-0.4, -0.2) is 12.1 Å². The number of hydrogen-bond acceptors (Lipinski definition) is 3. The van der Waals surface area contributed by atoms with Crippen LogP contribution in [0.2, 0.25) is 0 Å². The lowest BCUT2D eigenvalue weighted by Crippen LogP contribution is -2.19.